The standard InChI is InChI=1S/C4H11N.C4H12O3Si/c1-3-5-4-2;1-5-8(4,6-2)7-3/h5H,3-4H2,1-2H3;1-4H3. The molecule has 0 atom stereocenters. The Morgan fingerprint density at radius 3 is 1.23 bits per heavy atom. The van der Waals surface area contributed by atoms with Gasteiger partial charge in [-0.25, -0.2) is 0 Å². The summed E-state index contributed by atoms with van der Waals surface area (Å²) in [4.78, 5) is 0. The summed E-state index contributed by atoms with van der Waals surface area (Å²) in [5.41, 5.74) is 0. The van der Waals surface area contributed by atoms with Gasteiger partial charge in [-0.2, -0.15) is 0 Å². The minimum Gasteiger partial charge on any atom is -0.377 e. The molecule has 0 aliphatic heterocycles. The van der Waals surface area contributed by atoms with Crippen molar-refractivity contribution in [3.05, 3.63) is 0 Å². The summed E-state index contributed by atoms with van der Waals surface area (Å²) < 4.78 is 14.8. The maximum atomic E-state index is 4.93. The minimum absolute atomic E-state index is 1.09. The van der Waals surface area contributed by atoms with Crippen LogP contribution in [0.1, 0.15) is 13.8 Å². The normalized spacial score (nSPS) is 10.6. The minimum atomic E-state index is -2.17. The van der Waals surface area contributed by atoms with Crippen LogP contribution >= 0.6 is 0 Å². The van der Waals surface area contributed by atoms with Crippen LogP contribution in [0.2, 0.25) is 6.55 Å². The summed E-state index contributed by atoms with van der Waals surface area (Å²) in [5, 5.41) is 3.11. The predicted molar refractivity (Wildman–Crippen MR) is 56.9 cm³/mol. The van der Waals surface area contributed by atoms with E-state index in [1.54, 1.807) is 21.3 Å². The first kappa shape index (κ1) is 15.5. The number of hydrogen-bond donors (Lipinski definition) is 1. The van der Waals surface area contributed by atoms with Crippen LogP contribution in [-0.4, -0.2) is 43.2 Å². The van der Waals surface area contributed by atoms with Gasteiger partial charge in [0.25, 0.3) is 0 Å². The maximum Gasteiger partial charge on any atom is 0.496 e. The van der Waals surface area contributed by atoms with Crippen molar-refractivity contribution >= 4 is 8.80 Å². The van der Waals surface area contributed by atoms with Gasteiger partial charge in [0.05, 0.1) is 0 Å². The molecule has 0 saturated heterocycles. The van der Waals surface area contributed by atoms with Gasteiger partial charge in [-0.05, 0) is 13.1 Å². The molecule has 0 spiro atoms. The summed E-state index contributed by atoms with van der Waals surface area (Å²) in [6.45, 7) is 8.22. The predicted octanol–water partition coefficient (Wildman–Crippen LogP) is 1.11. The maximum absolute atomic E-state index is 4.93. The third-order valence-electron chi connectivity index (χ3n) is 1.61. The van der Waals surface area contributed by atoms with E-state index in [-0.39, 0.29) is 0 Å². The highest BCUT2D eigenvalue weighted by molar-refractivity contribution is 6.58. The average Bonchev–Trinajstić information content (AvgIpc) is 2.19. The summed E-state index contributed by atoms with van der Waals surface area (Å²) in [7, 11) is 2.58. The van der Waals surface area contributed by atoms with E-state index in [4.69, 9.17) is 13.3 Å². The van der Waals surface area contributed by atoms with Gasteiger partial charge in [-0.3, -0.25) is 0 Å². The van der Waals surface area contributed by atoms with E-state index in [0.29, 0.717) is 0 Å². The van der Waals surface area contributed by atoms with Gasteiger partial charge in [0.2, 0.25) is 0 Å². The SMILES string of the molecule is CCNCC.CO[Si](C)(OC)OC. The van der Waals surface area contributed by atoms with Crippen LogP contribution in [0.15, 0.2) is 0 Å². The van der Waals surface area contributed by atoms with Crippen LogP contribution in [0.5, 0.6) is 0 Å². The van der Waals surface area contributed by atoms with E-state index in [0.717, 1.165) is 13.1 Å². The Labute approximate surface area is 82.9 Å². The van der Waals surface area contributed by atoms with E-state index in [1.165, 1.54) is 0 Å². The Kier molecular flexibility index (Phi) is 12.1. The first-order chi connectivity index (χ1) is 6.10. The molecule has 0 fully saturated rings. The first-order valence-corrected chi connectivity index (χ1v) is 6.68. The van der Waals surface area contributed by atoms with Crippen LogP contribution in [0.4, 0.5) is 0 Å². The van der Waals surface area contributed by atoms with E-state index in [9.17, 15) is 0 Å². The van der Waals surface area contributed by atoms with E-state index in [2.05, 4.69) is 19.2 Å². The highest BCUT2D eigenvalue weighted by Crippen LogP contribution is 2.02. The zero-order valence-corrected chi connectivity index (χ0v) is 10.6. The van der Waals surface area contributed by atoms with Crippen molar-refractivity contribution in [2.45, 2.75) is 20.4 Å². The quantitative estimate of drug-likeness (QED) is 0.689. The van der Waals surface area contributed by atoms with Crippen molar-refractivity contribution in [2.75, 3.05) is 34.4 Å². The zero-order valence-electron chi connectivity index (χ0n) is 9.64. The smallest absolute Gasteiger partial charge is 0.377 e. The topological polar surface area (TPSA) is 39.7 Å². The Hall–Kier alpha value is 0.0569. The molecule has 13 heavy (non-hydrogen) atoms. The average molecular weight is 209 g/mol. The largest absolute Gasteiger partial charge is 0.496 e. The Morgan fingerprint density at radius 1 is 0.923 bits per heavy atom. The van der Waals surface area contributed by atoms with Crippen LogP contribution in [-0.2, 0) is 13.3 Å². The van der Waals surface area contributed by atoms with Gasteiger partial charge in [0.1, 0.15) is 0 Å². The molecule has 0 aromatic carbocycles. The Morgan fingerprint density at radius 2 is 1.23 bits per heavy atom. The Balaban J connectivity index is 0. The summed E-state index contributed by atoms with van der Waals surface area (Å²) in [6.07, 6.45) is 0. The lowest BCUT2D eigenvalue weighted by molar-refractivity contribution is 0.132. The highest BCUT2D eigenvalue weighted by atomic mass is 28.4. The molecule has 0 amide bonds. The summed E-state index contributed by atoms with van der Waals surface area (Å²) >= 11 is 0. The van der Waals surface area contributed by atoms with Crippen molar-refractivity contribution in [2.24, 2.45) is 0 Å². The molecule has 0 unspecified atom stereocenters. The van der Waals surface area contributed by atoms with Gasteiger partial charge < -0.3 is 18.6 Å². The van der Waals surface area contributed by atoms with Crippen LogP contribution in [0.3, 0.4) is 0 Å². The molecule has 5 heteroatoms. The second kappa shape index (κ2) is 10.1. The fourth-order valence-electron chi connectivity index (χ4n) is 0.500. The molecule has 0 aliphatic carbocycles. The van der Waals surface area contributed by atoms with Gasteiger partial charge in [-0.15, -0.1) is 0 Å². The highest BCUT2D eigenvalue weighted by Gasteiger charge is 2.29. The van der Waals surface area contributed by atoms with Crippen LogP contribution in [0.25, 0.3) is 0 Å². The van der Waals surface area contributed by atoms with Gasteiger partial charge in [0, 0.05) is 27.9 Å². The van der Waals surface area contributed by atoms with Gasteiger partial charge in [0.15, 0.2) is 0 Å². The molecule has 1 N–H and O–H groups in total. The van der Waals surface area contributed by atoms with Crippen molar-refractivity contribution < 1.29 is 13.3 Å². The molecular weight excluding hydrogens is 186 g/mol. The lowest BCUT2D eigenvalue weighted by Gasteiger charge is -2.18. The number of hydrogen-bond acceptors (Lipinski definition) is 4. The van der Waals surface area contributed by atoms with Gasteiger partial charge in [-0.1, -0.05) is 13.8 Å². The molecule has 0 aromatic heterocycles. The third-order valence-corrected chi connectivity index (χ3v) is 3.84. The second-order valence-corrected chi connectivity index (χ2v) is 5.38. The zero-order chi connectivity index (χ0) is 10.7. The number of nitrogens with one attached hydrogen (secondary N) is 1. The second-order valence-electron chi connectivity index (χ2n) is 2.43. The van der Waals surface area contributed by atoms with Crippen LogP contribution < -0.4 is 5.32 Å². The third kappa shape index (κ3) is 9.97. The lowest BCUT2D eigenvalue weighted by atomic mass is 10.7. The van der Waals surface area contributed by atoms with Crippen molar-refractivity contribution in [3.8, 4) is 0 Å². The van der Waals surface area contributed by atoms with E-state index in [1.807, 2.05) is 6.55 Å². The molecule has 4 nitrogen and oxygen atoms in total. The lowest BCUT2D eigenvalue weighted by Crippen LogP contribution is -2.38. The fraction of sp³-hybridized carbons (Fsp3) is 1.00. The number of rotatable bonds is 5. The van der Waals surface area contributed by atoms with Crippen molar-refractivity contribution in [1.29, 1.82) is 0 Å². The fourth-order valence-corrected chi connectivity index (χ4v) is 1.00. The molecule has 82 valence electrons. The summed E-state index contributed by atoms with van der Waals surface area (Å²) in [5.74, 6) is 0. The molecule has 0 aliphatic rings. The molecule has 0 saturated carbocycles. The molecule has 0 rings (SSSR count). The van der Waals surface area contributed by atoms with Crippen LogP contribution in [0, 0.1) is 0 Å². The first-order valence-electron chi connectivity index (χ1n) is 4.46. The van der Waals surface area contributed by atoms with Crippen molar-refractivity contribution in [3.63, 3.8) is 0 Å². The van der Waals surface area contributed by atoms with Crippen molar-refractivity contribution in [1.82, 2.24) is 5.32 Å². The Bertz CT molecular complexity index is 89.1. The summed E-state index contributed by atoms with van der Waals surface area (Å²) in [6, 6.07) is 0. The molecule has 0 bridgehead atoms. The molecule has 0 heterocycles. The van der Waals surface area contributed by atoms with E-state index < -0.39 is 8.80 Å². The molecule has 0 aromatic rings. The molecule has 0 radical (unpaired) electrons. The molecular formula is C8H23NO3Si. The van der Waals surface area contributed by atoms with E-state index >= 15 is 0 Å². The monoisotopic (exact) mass is 209 g/mol. The van der Waals surface area contributed by atoms with Gasteiger partial charge >= 0.3 is 8.80 Å².